The molecule has 7 nitrogen and oxygen atoms in total. The number of hydrogen-bond acceptors (Lipinski definition) is 7. The molecule has 1 saturated heterocycles. The smallest absolute Gasteiger partial charge is 0.341 e. The molecule has 0 radical (unpaired) electrons. The normalized spacial score (nSPS) is 17.0. The van der Waals surface area contributed by atoms with Crippen LogP contribution in [0.4, 0.5) is 0 Å². The number of rotatable bonds is 8. The van der Waals surface area contributed by atoms with Crippen molar-refractivity contribution in [2.75, 3.05) is 33.4 Å². The Kier molecular flexibility index (Phi) is 7.17. The molecule has 0 amide bonds. The Balaban J connectivity index is 1.23. The van der Waals surface area contributed by atoms with Gasteiger partial charge in [-0.15, -0.1) is 0 Å². The van der Waals surface area contributed by atoms with E-state index in [2.05, 4.69) is 4.90 Å². The van der Waals surface area contributed by atoms with Gasteiger partial charge < -0.3 is 13.9 Å². The molecular formula is C25H29NO6. The number of hydrogen-bond donors (Lipinski definition) is 0. The lowest BCUT2D eigenvalue weighted by Gasteiger charge is -2.30. The van der Waals surface area contributed by atoms with Crippen LogP contribution in [0, 0.1) is 5.92 Å². The molecule has 4 rings (SSSR count). The van der Waals surface area contributed by atoms with Crippen molar-refractivity contribution in [2.45, 2.75) is 38.7 Å². The van der Waals surface area contributed by atoms with Gasteiger partial charge in [0, 0.05) is 24.3 Å². The number of ether oxygens (including phenoxy) is 2. The van der Waals surface area contributed by atoms with Crippen molar-refractivity contribution in [1.82, 2.24) is 4.90 Å². The number of Topliss-reactive ketones (excluding diaryl/α,β-unsaturated/α-hetero) is 2. The van der Waals surface area contributed by atoms with Gasteiger partial charge in [0.1, 0.15) is 17.3 Å². The summed E-state index contributed by atoms with van der Waals surface area (Å²) in [4.78, 5) is 39.4. The van der Waals surface area contributed by atoms with Gasteiger partial charge in [-0.1, -0.05) is 0 Å². The maximum absolute atomic E-state index is 12.7. The molecule has 0 unspecified atom stereocenters. The van der Waals surface area contributed by atoms with Crippen LogP contribution in [0.2, 0.25) is 0 Å². The molecule has 0 saturated carbocycles. The molecule has 170 valence electrons. The van der Waals surface area contributed by atoms with E-state index in [4.69, 9.17) is 13.9 Å². The number of methoxy groups -OCH3 is 1. The molecule has 2 aliphatic rings. The number of carbonyl (C=O) groups is 2. The van der Waals surface area contributed by atoms with Crippen LogP contribution >= 0.6 is 0 Å². The molecule has 0 bridgehead atoms. The average Bonchev–Trinajstić information content (AvgIpc) is 2.83. The van der Waals surface area contributed by atoms with Crippen LogP contribution in [0.3, 0.4) is 0 Å². The van der Waals surface area contributed by atoms with Crippen LogP contribution in [0.5, 0.6) is 5.75 Å². The predicted octanol–water partition coefficient (Wildman–Crippen LogP) is 2.82. The van der Waals surface area contributed by atoms with Gasteiger partial charge in [0.05, 0.1) is 32.4 Å². The van der Waals surface area contributed by atoms with E-state index in [1.54, 1.807) is 19.2 Å². The lowest BCUT2D eigenvalue weighted by molar-refractivity contribution is -0.120. The van der Waals surface area contributed by atoms with E-state index >= 15 is 0 Å². The fourth-order valence-corrected chi connectivity index (χ4v) is 4.41. The highest BCUT2D eigenvalue weighted by molar-refractivity contribution is 5.98. The van der Waals surface area contributed by atoms with Crippen molar-refractivity contribution in [2.24, 2.45) is 5.92 Å². The van der Waals surface area contributed by atoms with Gasteiger partial charge in [-0.25, -0.2) is 4.79 Å². The Hall–Kier alpha value is -2.77. The van der Waals surface area contributed by atoms with E-state index in [0.717, 1.165) is 37.2 Å². The van der Waals surface area contributed by atoms with Gasteiger partial charge in [0.25, 0.3) is 0 Å². The van der Waals surface area contributed by atoms with Crippen LogP contribution in [0.25, 0.3) is 0 Å². The summed E-state index contributed by atoms with van der Waals surface area (Å²) in [5.74, 6) is 1.56. The summed E-state index contributed by atoms with van der Waals surface area (Å²) in [6.07, 6.45) is 2.96. The molecule has 3 heterocycles. The van der Waals surface area contributed by atoms with E-state index in [1.165, 1.54) is 0 Å². The molecule has 0 aliphatic carbocycles. The number of ketones is 2. The third-order valence-corrected chi connectivity index (χ3v) is 6.34. The van der Waals surface area contributed by atoms with Crippen molar-refractivity contribution in [3.05, 3.63) is 63.2 Å². The third kappa shape index (κ3) is 5.34. The highest BCUT2D eigenvalue weighted by Gasteiger charge is 2.26. The monoisotopic (exact) mass is 439 g/mol. The highest BCUT2D eigenvalue weighted by Crippen LogP contribution is 2.23. The number of nitrogens with zero attached hydrogens (tertiary/aromatic N) is 1. The molecule has 0 atom stereocenters. The molecular weight excluding hydrogens is 410 g/mol. The first kappa shape index (κ1) is 22.4. The van der Waals surface area contributed by atoms with Crippen LogP contribution in [0.15, 0.2) is 39.5 Å². The number of piperidine rings is 1. The fourth-order valence-electron chi connectivity index (χ4n) is 4.41. The van der Waals surface area contributed by atoms with Crippen molar-refractivity contribution >= 4 is 11.6 Å². The van der Waals surface area contributed by atoms with Crippen molar-refractivity contribution < 1.29 is 23.5 Å². The van der Waals surface area contributed by atoms with Crippen LogP contribution < -0.4 is 10.4 Å². The standard InChI is InChI=1S/C25H29NO6/c1-30-21-5-2-17(3-6-21)24(28)18-8-11-26(12-9-18)15-20(27)4-7-22-14-19-10-13-31-16-23(19)25(29)32-22/h2-3,5-6,14,18H,4,7-13,15-16H2,1H3. The maximum atomic E-state index is 12.7. The molecule has 0 N–H and O–H groups in total. The Morgan fingerprint density at radius 3 is 2.62 bits per heavy atom. The van der Waals surface area contributed by atoms with Gasteiger partial charge in [-0.05, 0) is 68.2 Å². The summed E-state index contributed by atoms with van der Waals surface area (Å²) in [7, 11) is 1.60. The first-order valence-electron chi connectivity index (χ1n) is 11.2. The molecule has 1 fully saturated rings. The fraction of sp³-hybridized carbons (Fsp3) is 0.480. The SMILES string of the molecule is COc1ccc(C(=O)C2CCN(CC(=O)CCc3cc4c(c(=O)o3)COCC4)CC2)cc1. The topological polar surface area (TPSA) is 86.0 Å². The lowest BCUT2D eigenvalue weighted by Crippen LogP contribution is -2.39. The lowest BCUT2D eigenvalue weighted by atomic mass is 9.88. The first-order chi connectivity index (χ1) is 15.5. The minimum Gasteiger partial charge on any atom is -0.497 e. The summed E-state index contributed by atoms with van der Waals surface area (Å²) in [5, 5.41) is 0. The molecule has 2 aromatic rings. The molecule has 7 heteroatoms. The number of fused-ring (bicyclic) bond motifs is 1. The molecule has 0 spiro atoms. The summed E-state index contributed by atoms with van der Waals surface area (Å²) < 4.78 is 15.8. The summed E-state index contributed by atoms with van der Waals surface area (Å²) >= 11 is 0. The molecule has 32 heavy (non-hydrogen) atoms. The molecule has 2 aliphatic heterocycles. The van der Waals surface area contributed by atoms with E-state index in [9.17, 15) is 14.4 Å². The molecule has 1 aromatic carbocycles. The second kappa shape index (κ2) is 10.2. The minimum atomic E-state index is -0.353. The van der Waals surface area contributed by atoms with Gasteiger partial charge in [0.2, 0.25) is 0 Å². The van der Waals surface area contributed by atoms with E-state index in [-0.39, 0.29) is 23.1 Å². The average molecular weight is 440 g/mol. The zero-order valence-electron chi connectivity index (χ0n) is 18.4. The molecule has 1 aromatic heterocycles. The Labute approximate surface area is 187 Å². The largest absolute Gasteiger partial charge is 0.497 e. The van der Waals surface area contributed by atoms with Gasteiger partial charge >= 0.3 is 5.63 Å². The van der Waals surface area contributed by atoms with E-state index < -0.39 is 0 Å². The second-order valence-corrected chi connectivity index (χ2v) is 8.49. The van der Waals surface area contributed by atoms with E-state index in [0.29, 0.717) is 55.9 Å². The van der Waals surface area contributed by atoms with E-state index in [1.807, 2.05) is 18.2 Å². The Morgan fingerprint density at radius 2 is 1.91 bits per heavy atom. The van der Waals surface area contributed by atoms with Crippen LogP contribution in [0.1, 0.15) is 46.5 Å². The Bertz CT molecular complexity index is 1020. The predicted molar refractivity (Wildman–Crippen MR) is 118 cm³/mol. The minimum absolute atomic E-state index is 0.0107. The van der Waals surface area contributed by atoms with Crippen LogP contribution in [-0.2, 0) is 29.0 Å². The number of likely N-dealkylation sites (tertiary alicyclic amines) is 1. The zero-order chi connectivity index (χ0) is 22.5. The third-order valence-electron chi connectivity index (χ3n) is 6.34. The number of carbonyl (C=O) groups excluding carboxylic acids is 2. The summed E-state index contributed by atoms with van der Waals surface area (Å²) in [5.41, 5.74) is 1.92. The maximum Gasteiger partial charge on any atom is 0.341 e. The second-order valence-electron chi connectivity index (χ2n) is 8.49. The Morgan fingerprint density at radius 1 is 1.16 bits per heavy atom. The number of aryl methyl sites for hydroxylation is 1. The van der Waals surface area contributed by atoms with Crippen molar-refractivity contribution in [3.8, 4) is 5.75 Å². The van der Waals surface area contributed by atoms with Gasteiger partial charge in [-0.3, -0.25) is 14.5 Å². The number of benzene rings is 1. The quantitative estimate of drug-likeness (QED) is 0.585. The summed E-state index contributed by atoms with van der Waals surface area (Å²) in [6.45, 7) is 2.73. The van der Waals surface area contributed by atoms with Gasteiger partial charge in [-0.2, -0.15) is 0 Å². The zero-order valence-corrected chi connectivity index (χ0v) is 18.4. The highest BCUT2D eigenvalue weighted by atomic mass is 16.5. The van der Waals surface area contributed by atoms with Crippen LogP contribution in [-0.4, -0.2) is 49.8 Å². The summed E-state index contributed by atoms with van der Waals surface area (Å²) in [6, 6.07) is 9.12. The first-order valence-corrected chi connectivity index (χ1v) is 11.2. The van der Waals surface area contributed by atoms with Gasteiger partial charge in [0.15, 0.2) is 5.78 Å². The van der Waals surface area contributed by atoms with Crippen molar-refractivity contribution in [1.29, 1.82) is 0 Å². The van der Waals surface area contributed by atoms with Crippen molar-refractivity contribution in [3.63, 3.8) is 0 Å².